The largest absolute Gasteiger partial charge is 0.474 e. The molecule has 0 spiro atoms. The first kappa shape index (κ1) is 21.3. The molecule has 0 radical (unpaired) electrons. The lowest BCUT2D eigenvalue weighted by molar-refractivity contribution is 0.0945. The Balaban J connectivity index is 1.41. The quantitative estimate of drug-likeness (QED) is 0.510. The molecule has 3 aliphatic rings. The van der Waals surface area contributed by atoms with Crippen LogP contribution < -0.4 is 25.6 Å². The van der Waals surface area contributed by atoms with Crippen molar-refractivity contribution >= 4 is 50.6 Å². The van der Waals surface area contributed by atoms with E-state index in [9.17, 15) is 9.59 Å². The van der Waals surface area contributed by atoms with Crippen LogP contribution >= 0.6 is 11.3 Å². The van der Waals surface area contributed by atoms with Crippen LogP contribution in [0.1, 0.15) is 47.3 Å². The summed E-state index contributed by atoms with van der Waals surface area (Å²) >= 11 is 1.30. The van der Waals surface area contributed by atoms with Gasteiger partial charge in [-0.1, -0.05) is 0 Å². The van der Waals surface area contributed by atoms with Gasteiger partial charge in [0.25, 0.3) is 5.91 Å². The topological polar surface area (TPSA) is 108 Å². The molecule has 34 heavy (non-hydrogen) atoms. The third kappa shape index (κ3) is 3.67. The summed E-state index contributed by atoms with van der Waals surface area (Å²) in [5.41, 5.74) is 2.67. The van der Waals surface area contributed by atoms with Crippen LogP contribution in [0.25, 0.3) is 10.2 Å². The van der Waals surface area contributed by atoms with Gasteiger partial charge in [0.2, 0.25) is 5.88 Å². The van der Waals surface area contributed by atoms with E-state index >= 15 is 0 Å². The zero-order valence-corrected chi connectivity index (χ0v) is 19.7. The molecule has 176 valence electrons. The Morgan fingerprint density at radius 1 is 1.26 bits per heavy atom. The fourth-order valence-corrected chi connectivity index (χ4v) is 6.07. The number of carbonyl (C=O) groups is 2. The highest BCUT2D eigenvalue weighted by molar-refractivity contribution is 7.21. The van der Waals surface area contributed by atoms with Crippen LogP contribution in [0.3, 0.4) is 0 Å². The van der Waals surface area contributed by atoms with Gasteiger partial charge in [0.05, 0.1) is 28.6 Å². The van der Waals surface area contributed by atoms with Gasteiger partial charge < -0.3 is 20.7 Å². The Bertz CT molecular complexity index is 1280. The highest BCUT2D eigenvalue weighted by Gasteiger charge is 2.35. The minimum absolute atomic E-state index is 0.0682. The monoisotopic (exact) mass is 478 g/mol. The van der Waals surface area contributed by atoms with Crippen LogP contribution in [-0.2, 0) is 0 Å². The first-order chi connectivity index (χ1) is 16.6. The van der Waals surface area contributed by atoms with Crippen molar-refractivity contribution in [3.05, 3.63) is 35.0 Å². The smallest absolute Gasteiger partial charge is 0.331 e. The zero-order chi connectivity index (χ0) is 23.2. The SMILES string of the molecule is Cc1cc(OC2CCCC2)ncc1N1C(=O)Nc2ccnc3sc(C(=O)NC4CCNC4)c1c23. The average Bonchev–Trinajstić information content (AvgIpc) is 3.57. The molecule has 1 saturated carbocycles. The van der Waals surface area contributed by atoms with E-state index in [1.54, 1.807) is 23.4 Å². The number of thiophene rings is 1. The minimum Gasteiger partial charge on any atom is -0.474 e. The standard InChI is InChI=1S/C24H26N6O3S/c1-13-10-18(33-15-4-2-3-5-15)27-12-17(13)30-20-19-16(29-24(30)32)7-9-26-23(19)34-21(20)22(31)28-14-6-8-25-11-14/h7,9-10,12,14-15,25H,2-6,8,11H2,1H3,(H,28,31)(H,29,32). The Morgan fingerprint density at radius 3 is 2.88 bits per heavy atom. The van der Waals surface area contributed by atoms with Crippen LogP contribution in [0.2, 0.25) is 0 Å². The summed E-state index contributed by atoms with van der Waals surface area (Å²) in [6.07, 6.45) is 8.84. The van der Waals surface area contributed by atoms with Crippen molar-refractivity contribution in [2.24, 2.45) is 0 Å². The van der Waals surface area contributed by atoms with Gasteiger partial charge in [0.1, 0.15) is 15.8 Å². The molecule has 1 unspecified atom stereocenters. The lowest BCUT2D eigenvalue weighted by Crippen LogP contribution is -2.38. The molecule has 3 N–H and O–H groups in total. The zero-order valence-electron chi connectivity index (χ0n) is 18.9. The first-order valence-electron chi connectivity index (χ1n) is 11.8. The normalized spacial score (nSPS) is 20.1. The van der Waals surface area contributed by atoms with Crippen LogP contribution in [0.5, 0.6) is 5.88 Å². The second-order valence-corrected chi connectivity index (χ2v) is 10.1. The third-order valence-electron chi connectivity index (χ3n) is 6.73. The predicted molar refractivity (Wildman–Crippen MR) is 131 cm³/mol. The Hall–Kier alpha value is -3.24. The van der Waals surface area contributed by atoms with Crippen molar-refractivity contribution < 1.29 is 14.3 Å². The van der Waals surface area contributed by atoms with Crippen LogP contribution in [-0.4, -0.2) is 47.1 Å². The van der Waals surface area contributed by atoms with E-state index in [-0.39, 0.29) is 24.1 Å². The van der Waals surface area contributed by atoms with E-state index in [0.29, 0.717) is 32.6 Å². The fraction of sp³-hybridized carbons (Fsp3) is 0.417. The van der Waals surface area contributed by atoms with Gasteiger partial charge in [0, 0.05) is 24.8 Å². The number of aromatic nitrogens is 2. The fourth-order valence-electron chi connectivity index (χ4n) is 5.01. The Morgan fingerprint density at radius 2 is 2.12 bits per heavy atom. The highest BCUT2D eigenvalue weighted by atomic mass is 32.1. The lowest BCUT2D eigenvalue weighted by Gasteiger charge is -2.29. The molecule has 9 nitrogen and oxygen atoms in total. The highest BCUT2D eigenvalue weighted by Crippen LogP contribution is 2.47. The maximum absolute atomic E-state index is 13.4. The van der Waals surface area contributed by atoms with Crippen molar-refractivity contribution in [3.63, 3.8) is 0 Å². The lowest BCUT2D eigenvalue weighted by atomic mass is 10.1. The molecule has 2 aliphatic heterocycles. The van der Waals surface area contributed by atoms with Gasteiger partial charge in [-0.05, 0) is 57.2 Å². The van der Waals surface area contributed by atoms with Crippen molar-refractivity contribution in [2.75, 3.05) is 23.3 Å². The van der Waals surface area contributed by atoms with E-state index in [2.05, 4.69) is 25.9 Å². The van der Waals surface area contributed by atoms with Gasteiger partial charge in [-0.25, -0.2) is 14.8 Å². The van der Waals surface area contributed by atoms with Crippen molar-refractivity contribution in [2.45, 2.75) is 51.2 Å². The molecule has 2 fully saturated rings. The molecule has 1 aliphatic carbocycles. The second-order valence-electron chi connectivity index (χ2n) is 9.08. The molecule has 1 atom stereocenters. The van der Waals surface area contributed by atoms with Gasteiger partial charge >= 0.3 is 6.03 Å². The number of pyridine rings is 2. The number of amides is 3. The molecule has 0 bridgehead atoms. The van der Waals surface area contributed by atoms with Crippen molar-refractivity contribution in [1.82, 2.24) is 20.6 Å². The summed E-state index contributed by atoms with van der Waals surface area (Å²) in [6, 6.07) is 3.37. The van der Waals surface area contributed by atoms with E-state index in [1.165, 1.54) is 24.2 Å². The number of carbonyl (C=O) groups excluding carboxylic acids is 2. The number of aryl methyl sites for hydroxylation is 1. The number of ether oxygens (including phenoxy) is 1. The number of hydrogen-bond donors (Lipinski definition) is 3. The first-order valence-corrected chi connectivity index (χ1v) is 12.6. The van der Waals surface area contributed by atoms with Gasteiger partial charge in [0.15, 0.2) is 0 Å². The second kappa shape index (κ2) is 8.52. The summed E-state index contributed by atoms with van der Waals surface area (Å²) < 4.78 is 6.05. The Kier molecular flexibility index (Phi) is 5.34. The van der Waals surface area contributed by atoms with Gasteiger partial charge in [-0.2, -0.15) is 0 Å². The van der Waals surface area contributed by atoms with E-state index in [0.717, 1.165) is 43.3 Å². The Labute approximate surface area is 200 Å². The molecule has 3 aromatic rings. The van der Waals surface area contributed by atoms with Crippen LogP contribution in [0.15, 0.2) is 24.5 Å². The van der Waals surface area contributed by atoms with E-state index in [1.807, 2.05) is 13.0 Å². The molecule has 10 heteroatoms. The summed E-state index contributed by atoms with van der Waals surface area (Å²) in [7, 11) is 0. The molecule has 1 saturated heterocycles. The summed E-state index contributed by atoms with van der Waals surface area (Å²) in [4.78, 5) is 38.4. The minimum atomic E-state index is -0.329. The average molecular weight is 479 g/mol. The summed E-state index contributed by atoms with van der Waals surface area (Å²) in [5, 5.41) is 10.1. The number of hydrogen-bond acceptors (Lipinski definition) is 7. The van der Waals surface area contributed by atoms with Gasteiger partial charge in [-0.15, -0.1) is 11.3 Å². The van der Waals surface area contributed by atoms with E-state index in [4.69, 9.17) is 4.74 Å². The molecule has 3 amide bonds. The number of rotatable bonds is 5. The molecule has 3 aromatic heterocycles. The van der Waals surface area contributed by atoms with Crippen molar-refractivity contribution in [1.29, 1.82) is 0 Å². The van der Waals surface area contributed by atoms with Crippen molar-refractivity contribution in [3.8, 4) is 5.88 Å². The molecule has 6 rings (SSSR count). The molecule has 5 heterocycles. The molecular formula is C24H26N6O3S. The molecule has 0 aromatic carbocycles. The van der Waals surface area contributed by atoms with E-state index < -0.39 is 0 Å². The maximum atomic E-state index is 13.4. The predicted octanol–water partition coefficient (Wildman–Crippen LogP) is 4.10. The molecular weight excluding hydrogens is 452 g/mol. The van der Waals surface area contributed by atoms with Gasteiger partial charge in [-0.3, -0.25) is 9.69 Å². The number of nitrogens with one attached hydrogen (secondary N) is 3. The third-order valence-corrected chi connectivity index (χ3v) is 7.81. The number of anilines is 3. The van der Waals surface area contributed by atoms with Crippen LogP contribution in [0.4, 0.5) is 21.9 Å². The summed E-state index contributed by atoms with van der Waals surface area (Å²) in [5.74, 6) is 0.374. The van der Waals surface area contributed by atoms with Crippen LogP contribution in [0, 0.1) is 6.92 Å². The summed E-state index contributed by atoms with van der Waals surface area (Å²) in [6.45, 7) is 3.55. The number of urea groups is 1. The maximum Gasteiger partial charge on any atom is 0.331 e. The number of nitrogens with zero attached hydrogens (tertiary/aromatic N) is 3.